The zero-order valence-electron chi connectivity index (χ0n) is 11.6. The summed E-state index contributed by atoms with van der Waals surface area (Å²) in [5.74, 6) is 0.521. The van der Waals surface area contributed by atoms with E-state index >= 15 is 0 Å². The predicted molar refractivity (Wildman–Crippen MR) is 80.5 cm³/mol. The van der Waals surface area contributed by atoms with Crippen molar-refractivity contribution in [1.29, 1.82) is 0 Å². The van der Waals surface area contributed by atoms with E-state index < -0.39 is 0 Å². The Kier molecular flexibility index (Phi) is 3.81. The van der Waals surface area contributed by atoms with E-state index in [1.54, 1.807) is 30.5 Å². The van der Waals surface area contributed by atoms with Crippen molar-refractivity contribution in [3.05, 3.63) is 54.0 Å². The van der Waals surface area contributed by atoms with E-state index in [1.807, 2.05) is 0 Å². The van der Waals surface area contributed by atoms with Crippen molar-refractivity contribution in [2.45, 2.75) is 0 Å². The highest BCUT2D eigenvalue weighted by Gasteiger charge is 2.20. The third-order valence-electron chi connectivity index (χ3n) is 3.71. The van der Waals surface area contributed by atoms with Gasteiger partial charge in [0.1, 0.15) is 11.6 Å². The van der Waals surface area contributed by atoms with Crippen LogP contribution < -0.4 is 9.80 Å². The van der Waals surface area contributed by atoms with E-state index in [1.165, 1.54) is 12.1 Å². The maximum absolute atomic E-state index is 13.0. The van der Waals surface area contributed by atoms with Crippen molar-refractivity contribution in [1.82, 2.24) is 4.98 Å². The van der Waals surface area contributed by atoms with Crippen molar-refractivity contribution in [2.75, 3.05) is 36.0 Å². The normalized spacial score (nSPS) is 15.1. The van der Waals surface area contributed by atoms with Crippen LogP contribution in [-0.2, 0) is 0 Å². The summed E-state index contributed by atoms with van der Waals surface area (Å²) in [7, 11) is 0. The molecule has 4 nitrogen and oxygen atoms in total. The lowest BCUT2D eigenvalue weighted by atomic mass is 10.2. The Morgan fingerprint density at radius 1 is 1.00 bits per heavy atom. The summed E-state index contributed by atoms with van der Waals surface area (Å²) >= 11 is 0. The third-order valence-corrected chi connectivity index (χ3v) is 3.71. The highest BCUT2D eigenvalue weighted by Crippen LogP contribution is 2.21. The minimum atomic E-state index is -0.221. The summed E-state index contributed by atoms with van der Waals surface area (Å²) in [5.41, 5.74) is 1.64. The number of nitrogens with zero attached hydrogens (tertiary/aromatic N) is 3. The molecule has 1 saturated heterocycles. The van der Waals surface area contributed by atoms with Crippen molar-refractivity contribution in [3.8, 4) is 0 Å². The van der Waals surface area contributed by atoms with Gasteiger partial charge in [-0.05, 0) is 36.4 Å². The Hall–Kier alpha value is -2.43. The summed E-state index contributed by atoms with van der Waals surface area (Å²) in [4.78, 5) is 19.7. The highest BCUT2D eigenvalue weighted by atomic mass is 19.1. The molecule has 1 aliphatic rings. The number of pyridine rings is 1. The number of rotatable bonds is 3. The molecular weight excluding hydrogens is 269 g/mol. The molecule has 5 heteroatoms. The maximum Gasteiger partial charge on any atom is 0.153 e. The second kappa shape index (κ2) is 5.91. The molecule has 2 aromatic rings. The van der Waals surface area contributed by atoms with Crippen LogP contribution in [0.1, 0.15) is 10.4 Å². The summed E-state index contributed by atoms with van der Waals surface area (Å²) in [6.07, 6.45) is 2.55. The number of anilines is 2. The first-order chi connectivity index (χ1) is 10.3. The zero-order chi connectivity index (χ0) is 14.7. The van der Waals surface area contributed by atoms with E-state index in [2.05, 4.69) is 14.8 Å². The fraction of sp³-hybridized carbons (Fsp3) is 0.250. The number of halogens is 1. The quantitative estimate of drug-likeness (QED) is 0.811. The molecular formula is C16H16FN3O. The monoisotopic (exact) mass is 285 g/mol. The molecule has 0 spiro atoms. The van der Waals surface area contributed by atoms with Gasteiger partial charge in [-0.3, -0.25) is 4.79 Å². The number of carbonyl (C=O) groups is 1. The Balaban J connectivity index is 1.70. The number of piperazine rings is 1. The lowest BCUT2D eigenvalue weighted by Gasteiger charge is -2.37. The Morgan fingerprint density at radius 3 is 2.33 bits per heavy atom. The van der Waals surface area contributed by atoms with Crippen LogP contribution in [0.15, 0.2) is 42.6 Å². The molecule has 1 aromatic carbocycles. The molecule has 1 fully saturated rings. The van der Waals surface area contributed by atoms with Crippen LogP contribution in [-0.4, -0.2) is 37.4 Å². The smallest absolute Gasteiger partial charge is 0.153 e. The minimum Gasteiger partial charge on any atom is -0.368 e. The number of hydrogen-bond acceptors (Lipinski definition) is 4. The number of hydrogen-bond donors (Lipinski definition) is 0. The molecule has 1 aliphatic heterocycles. The van der Waals surface area contributed by atoms with Gasteiger partial charge in [0.25, 0.3) is 0 Å². The van der Waals surface area contributed by atoms with Gasteiger partial charge in [-0.2, -0.15) is 0 Å². The van der Waals surface area contributed by atoms with Gasteiger partial charge in [-0.15, -0.1) is 0 Å². The van der Waals surface area contributed by atoms with Gasteiger partial charge >= 0.3 is 0 Å². The predicted octanol–water partition coefficient (Wildman–Crippen LogP) is 2.36. The van der Waals surface area contributed by atoms with Crippen LogP contribution in [0.5, 0.6) is 0 Å². The van der Waals surface area contributed by atoms with Gasteiger partial charge in [-0.1, -0.05) is 0 Å². The van der Waals surface area contributed by atoms with Crippen molar-refractivity contribution >= 4 is 17.8 Å². The van der Waals surface area contributed by atoms with Crippen molar-refractivity contribution < 1.29 is 9.18 Å². The van der Waals surface area contributed by atoms with Crippen molar-refractivity contribution in [3.63, 3.8) is 0 Å². The molecule has 0 radical (unpaired) electrons. The first kappa shape index (κ1) is 13.5. The average Bonchev–Trinajstić information content (AvgIpc) is 2.56. The summed E-state index contributed by atoms with van der Waals surface area (Å²) in [5, 5.41) is 0. The molecule has 0 aliphatic carbocycles. The average molecular weight is 285 g/mol. The Labute approximate surface area is 122 Å². The SMILES string of the molecule is O=Cc1cccnc1N1CCN(c2ccc(F)cc2)CC1. The fourth-order valence-electron chi connectivity index (χ4n) is 2.59. The molecule has 0 unspecified atom stereocenters. The summed E-state index contributed by atoms with van der Waals surface area (Å²) < 4.78 is 13.0. The Morgan fingerprint density at radius 2 is 1.67 bits per heavy atom. The Bertz CT molecular complexity index is 622. The van der Waals surface area contributed by atoms with Crippen LogP contribution >= 0.6 is 0 Å². The van der Waals surface area contributed by atoms with Crippen molar-refractivity contribution in [2.24, 2.45) is 0 Å². The largest absolute Gasteiger partial charge is 0.368 e. The highest BCUT2D eigenvalue weighted by molar-refractivity contribution is 5.82. The lowest BCUT2D eigenvalue weighted by molar-refractivity contribution is 0.112. The topological polar surface area (TPSA) is 36.4 Å². The lowest BCUT2D eigenvalue weighted by Crippen LogP contribution is -2.47. The number of carbonyl (C=O) groups excluding carboxylic acids is 1. The van der Waals surface area contributed by atoms with E-state index in [9.17, 15) is 9.18 Å². The van der Waals surface area contributed by atoms with Gasteiger partial charge in [0, 0.05) is 38.1 Å². The van der Waals surface area contributed by atoms with Crippen LogP contribution in [0.25, 0.3) is 0 Å². The van der Waals surface area contributed by atoms with E-state index in [0.29, 0.717) is 5.56 Å². The standard InChI is InChI=1S/C16H16FN3O/c17-14-3-5-15(6-4-14)19-8-10-20(11-9-19)16-13(12-21)2-1-7-18-16/h1-7,12H,8-11H2. The van der Waals surface area contributed by atoms with Gasteiger partial charge in [-0.25, -0.2) is 9.37 Å². The maximum atomic E-state index is 13.0. The summed E-state index contributed by atoms with van der Waals surface area (Å²) in [6, 6.07) is 10.1. The molecule has 2 heterocycles. The molecule has 3 rings (SSSR count). The van der Waals surface area contributed by atoms with Crippen LogP contribution in [0, 0.1) is 5.82 Å². The molecule has 21 heavy (non-hydrogen) atoms. The van der Waals surface area contributed by atoms with Crippen LogP contribution in [0.2, 0.25) is 0 Å². The second-order valence-corrected chi connectivity index (χ2v) is 4.98. The zero-order valence-corrected chi connectivity index (χ0v) is 11.6. The summed E-state index contributed by atoms with van der Waals surface area (Å²) in [6.45, 7) is 3.21. The van der Waals surface area contributed by atoms with E-state index in [-0.39, 0.29) is 5.82 Å². The van der Waals surface area contributed by atoms with Gasteiger partial charge in [0.15, 0.2) is 6.29 Å². The van der Waals surface area contributed by atoms with Gasteiger partial charge in [0.2, 0.25) is 0 Å². The molecule has 0 atom stereocenters. The molecule has 108 valence electrons. The minimum absolute atomic E-state index is 0.221. The van der Waals surface area contributed by atoms with Crippen LogP contribution in [0.4, 0.5) is 15.9 Å². The molecule has 1 aromatic heterocycles. The van der Waals surface area contributed by atoms with Gasteiger partial charge in [0.05, 0.1) is 5.56 Å². The molecule has 0 amide bonds. The van der Waals surface area contributed by atoms with Crippen LogP contribution in [0.3, 0.4) is 0 Å². The molecule has 0 saturated carbocycles. The fourth-order valence-corrected chi connectivity index (χ4v) is 2.59. The molecule has 0 bridgehead atoms. The second-order valence-electron chi connectivity index (χ2n) is 4.98. The number of aldehydes is 1. The number of aromatic nitrogens is 1. The first-order valence-corrected chi connectivity index (χ1v) is 6.93. The molecule has 0 N–H and O–H groups in total. The number of benzene rings is 1. The first-order valence-electron chi connectivity index (χ1n) is 6.93. The van der Waals surface area contributed by atoms with E-state index in [4.69, 9.17) is 0 Å². The third kappa shape index (κ3) is 2.86. The van der Waals surface area contributed by atoms with E-state index in [0.717, 1.165) is 44.0 Å². The van der Waals surface area contributed by atoms with Gasteiger partial charge < -0.3 is 9.80 Å².